The summed E-state index contributed by atoms with van der Waals surface area (Å²) in [5, 5.41) is 2.05. The van der Waals surface area contributed by atoms with Gasteiger partial charge in [0.05, 0.1) is 16.9 Å². The Labute approximate surface area is 190 Å². The number of alkyl halides is 3. The number of hydrogen-bond acceptors (Lipinski definition) is 6. The lowest BCUT2D eigenvalue weighted by atomic mass is 10.1. The zero-order valence-corrected chi connectivity index (χ0v) is 17.8. The van der Waals surface area contributed by atoms with Gasteiger partial charge in [0.15, 0.2) is 11.5 Å². The van der Waals surface area contributed by atoms with Gasteiger partial charge in [0.25, 0.3) is 11.1 Å². The Balaban J connectivity index is 1.31. The fourth-order valence-electron chi connectivity index (χ4n) is 3.26. The van der Waals surface area contributed by atoms with Crippen LogP contribution in [-0.4, -0.2) is 41.8 Å². The van der Waals surface area contributed by atoms with Gasteiger partial charge in [0, 0.05) is 13.1 Å². The first-order valence-electron chi connectivity index (χ1n) is 9.78. The Hall–Kier alpha value is -3.47. The van der Waals surface area contributed by atoms with Crippen molar-refractivity contribution in [2.24, 2.45) is 0 Å². The second-order valence-corrected chi connectivity index (χ2v) is 8.16. The minimum atomic E-state index is -4.49. The van der Waals surface area contributed by atoms with E-state index >= 15 is 0 Å². The van der Waals surface area contributed by atoms with E-state index in [9.17, 15) is 27.6 Å². The van der Waals surface area contributed by atoms with Gasteiger partial charge >= 0.3 is 6.18 Å². The molecule has 0 atom stereocenters. The molecule has 0 bridgehead atoms. The van der Waals surface area contributed by atoms with Crippen LogP contribution in [0.1, 0.15) is 16.7 Å². The third-order valence-electron chi connectivity index (χ3n) is 4.84. The van der Waals surface area contributed by atoms with Crippen LogP contribution in [0.4, 0.5) is 18.0 Å². The molecule has 0 spiro atoms. The van der Waals surface area contributed by atoms with E-state index in [1.54, 1.807) is 24.3 Å². The van der Waals surface area contributed by atoms with Crippen LogP contribution in [0.3, 0.4) is 0 Å². The minimum absolute atomic E-state index is 0.0207. The van der Waals surface area contributed by atoms with Gasteiger partial charge in [-0.1, -0.05) is 24.3 Å². The lowest BCUT2D eigenvalue weighted by Gasteiger charge is -2.13. The molecule has 0 saturated carbocycles. The summed E-state index contributed by atoms with van der Waals surface area (Å²) < 4.78 is 48.9. The molecular formula is C22H17F3N2O5S. The fourth-order valence-corrected chi connectivity index (χ4v) is 4.12. The molecule has 3 amide bonds. The topological polar surface area (TPSA) is 84.9 Å². The lowest BCUT2D eigenvalue weighted by molar-refractivity contribution is -0.137. The number of carbonyl (C=O) groups is 3. The normalized spacial score (nSPS) is 16.6. The molecule has 172 valence electrons. The van der Waals surface area contributed by atoms with E-state index in [-0.39, 0.29) is 36.8 Å². The molecular weight excluding hydrogens is 461 g/mol. The van der Waals surface area contributed by atoms with Crippen molar-refractivity contribution in [2.75, 3.05) is 19.9 Å². The van der Waals surface area contributed by atoms with Crippen molar-refractivity contribution in [3.05, 3.63) is 64.1 Å². The summed E-state index contributed by atoms with van der Waals surface area (Å²) in [6.07, 6.45) is -3.18. The number of benzene rings is 2. The number of rotatable bonds is 6. The van der Waals surface area contributed by atoms with Crippen molar-refractivity contribution >= 4 is 34.9 Å². The summed E-state index contributed by atoms with van der Waals surface area (Å²) in [7, 11) is 0. The van der Waals surface area contributed by atoms with Crippen LogP contribution in [-0.2, 0) is 22.2 Å². The minimum Gasteiger partial charge on any atom is -0.454 e. The average Bonchev–Trinajstić information content (AvgIpc) is 3.32. The molecule has 2 aromatic rings. The van der Waals surface area contributed by atoms with Crippen LogP contribution in [0.15, 0.2) is 47.4 Å². The molecule has 0 unspecified atom stereocenters. The maximum Gasteiger partial charge on any atom is 0.416 e. The average molecular weight is 478 g/mol. The quantitative estimate of drug-likeness (QED) is 0.636. The summed E-state index contributed by atoms with van der Waals surface area (Å²) in [6, 6.07) is 9.64. The number of fused-ring (bicyclic) bond motifs is 1. The molecule has 2 aliphatic rings. The van der Waals surface area contributed by atoms with Gasteiger partial charge in [-0.2, -0.15) is 13.2 Å². The van der Waals surface area contributed by atoms with Crippen LogP contribution < -0.4 is 14.8 Å². The van der Waals surface area contributed by atoms with Crippen molar-refractivity contribution < 1.29 is 37.0 Å². The third-order valence-corrected chi connectivity index (χ3v) is 5.75. The fraction of sp³-hybridized carbons (Fsp3) is 0.227. The zero-order valence-electron chi connectivity index (χ0n) is 17.0. The van der Waals surface area contributed by atoms with Crippen molar-refractivity contribution in [1.82, 2.24) is 10.2 Å². The van der Waals surface area contributed by atoms with E-state index in [0.717, 1.165) is 28.8 Å². The number of hydrogen-bond donors (Lipinski definition) is 1. The van der Waals surface area contributed by atoms with Crippen molar-refractivity contribution in [2.45, 2.75) is 12.6 Å². The second-order valence-electron chi connectivity index (χ2n) is 7.17. The van der Waals surface area contributed by atoms with Gasteiger partial charge in [-0.15, -0.1) is 0 Å². The van der Waals surface area contributed by atoms with E-state index in [2.05, 4.69) is 5.32 Å². The van der Waals surface area contributed by atoms with Gasteiger partial charge in [-0.25, -0.2) is 0 Å². The predicted octanol–water partition coefficient (Wildman–Crippen LogP) is 3.83. The van der Waals surface area contributed by atoms with Crippen LogP contribution >= 0.6 is 11.8 Å². The van der Waals surface area contributed by atoms with Gasteiger partial charge in [-0.05, 0) is 47.2 Å². The summed E-state index contributed by atoms with van der Waals surface area (Å²) in [4.78, 5) is 38.2. The van der Waals surface area contributed by atoms with Crippen molar-refractivity contribution in [1.29, 1.82) is 0 Å². The first-order chi connectivity index (χ1) is 15.7. The molecule has 33 heavy (non-hydrogen) atoms. The highest BCUT2D eigenvalue weighted by molar-refractivity contribution is 8.18. The SMILES string of the molecule is O=C(Cc1cccc(C(F)(F)F)c1)NCCN1C(=O)S/C(=C\c2ccc3c(c2)OCO3)C1=O. The first-order valence-corrected chi connectivity index (χ1v) is 10.6. The molecule has 1 saturated heterocycles. The first kappa shape index (κ1) is 22.7. The second kappa shape index (κ2) is 9.18. The lowest BCUT2D eigenvalue weighted by Crippen LogP contribution is -2.37. The summed E-state index contributed by atoms with van der Waals surface area (Å²) in [5.74, 6) is 0.139. The standard InChI is InChI=1S/C22H17F3N2O5S/c23-22(24,25)15-3-1-2-13(8-15)11-19(28)26-6-7-27-20(29)18(33-21(27)30)10-14-4-5-16-17(9-14)32-12-31-16/h1-5,8-10H,6-7,11-12H2,(H,26,28)/b18-10-. The molecule has 2 aliphatic heterocycles. The molecule has 0 aliphatic carbocycles. The number of amides is 3. The molecule has 0 aromatic heterocycles. The van der Waals surface area contributed by atoms with E-state index in [4.69, 9.17) is 9.47 Å². The Kier molecular flexibility index (Phi) is 6.32. The summed E-state index contributed by atoms with van der Waals surface area (Å²) in [5.41, 5.74) is 0.0409. The maximum absolute atomic E-state index is 12.8. The van der Waals surface area contributed by atoms with Crippen LogP contribution in [0.5, 0.6) is 11.5 Å². The molecule has 11 heteroatoms. The molecule has 4 rings (SSSR count). The highest BCUT2D eigenvalue weighted by Crippen LogP contribution is 2.36. The largest absolute Gasteiger partial charge is 0.454 e. The number of carbonyl (C=O) groups excluding carboxylic acids is 3. The number of thioether (sulfide) groups is 1. The highest BCUT2D eigenvalue weighted by Gasteiger charge is 2.35. The van der Waals surface area contributed by atoms with Gasteiger partial charge in [-0.3, -0.25) is 19.3 Å². The molecule has 7 nitrogen and oxygen atoms in total. The summed E-state index contributed by atoms with van der Waals surface area (Å²) in [6.45, 7) is 0.0411. The Bertz CT molecular complexity index is 1150. The molecule has 2 aromatic carbocycles. The number of imide groups is 1. The molecule has 1 fully saturated rings. The number of ether oxygens (including phenoxy) is 2. The van der Waals surface area contributed by atoms with E-state index in [1.165, 1.54) is 12.1 Å². The number of nitrogens with one attached hydrogen (secondary N) is 1. The van der Waals surface area contributed by atoms with Gasteiger partial charge in [0.1, 0.15) is 0 Å². The number of halogens is 3. The van der Waals surface area contributed by atoms with Crippen molar-refractivity contribution in [3.8, 4) is 11.5 Å². The smallest absolute Gasteiger partial charge is 0.416 e. The van der Waals surface area contributed by atoms with Gasteiger partial charge < -0.3 is 14.8 Å². The third kappa shape index (κ3) is 5.30. The van der Waals surface area contributed by atoms with Crippen LogP contribution in [0, 0.1) is 0 Å². The predicted molar refractivity (Wildman–Crippen MR) is 113 cm³/mol. The maximum atomic E-state index is 12.8. The molecule has 1 N–H and O–H groups in total. The Morgan fingerprint density at radius 2 is 1.91 bits per heavy atom. The molecule has 0 radical (unpaired) electrons. The van der Waals surface area contributed by atoms with Crippen LogP contribution in [0.25, 0.3) is 6.08 Å². The molecule has 2 heterocycles. The number of nitrogens with zero attached hydrogens (tertiary/aromatic N) is 1. The van der Waals surface area contributed by atoms with Gasteiger partial charge in [0.2, 0.25) is 12.7 Å². The zero-order chi connectivity index (χ0) is 23.6. The van der Waals surface area contributed by atoms with E-state index in [1.807, 2.05) is 0 Å². The Morgan fingerprint density at radius 3 is 2.70 bits per heavy atom. The van der Waals surface area contributed by atoms with E-state index in [0.29, 0.717) is 17.1 Å². The van der Waals surface area contributed by atoms with Crippen LogP contribution in [0.2, 0.25) is 0 Å². The monoisotopic (exact) mass is 478 g/mol. The van der Waals surface area contributed by atoms with E-state index < -0.39 is 28.8 Å². The van der Waals surface area contributed by atoms with Crippen molar-refractivity contribution in [3.63, 3.8) is 0 Å². The highest BCUT2D eigenvalue weighted by atomic mass is 32.2. The summed E-state index contributed by atoms with van der Waals surface area (Å²) >= 11 is 0.782. The Morgan fingerprint density at radius 1 is 1.12 bits per heavy atom.